The second kappa shape index (κ2) is 7.18. The van der Waals surface area contributed by atoms with Crippen LogP contribution in [0.15, 0.2) is 23.1 Å². The first-order valence-electron chi connectivity index (χ1n) is 7.56. The van der Waals surface area contributed by atoms with Gasteiger partial charge in [-0.2, -0.15) is 0 Å². The Kier molecular flexibility index (Phi) is 5.53. The number of hydrogen-bond donors (Lipinski definition) is 2. The third-order valence-corrected chi connectivity index (χ3v) is 5.08. The lowest BCUT2D eigenvalue weighted by molar-refractivity contribution is 0.314. The minimum Gasteiger partial charge on any atom is -0.384 e. The molecule has 1 heterocycles. The smallest absolute Gasteiger partial charge is 0.126 e. The summed E-state index contributed by atoms with van der Waals surface area (Å²) < 4.78 is 0. The van der Waals surface area contributed by atoms with Gasteiger partial charge in [-0.25, -0.2) is 0 Å². The predicted octanol–water partition coefficient (Wildman–Crippen LogP) is 2.61. The summed E-state index contributed by atoms with van der Waals surface area (Å²) in [6.45, 7) is 4.29. The molecule has 1 fully saturated rings. The van der Waals surface area contributed by atoms with Crippen molar-refractivity contribution in [1.29, 1.82) is 5.41 Å². The predicted molar refractivity (Wildman–Crippen MR) is 92.8 cm³/mol. The van der Waals surface area contributed by atoms with Crippen LogP contribution in [0.2, 0.25) is 0 Å². The van der Waals surface area contributed by atoms with Crippen LogP contribution < -0.4 is 10.6 Å². The molecule has 0 aliphatic carbocycles. The van der Waals surface area contributed by atoms with Crippen molar-refractivity contribution in [1.82, 2.24) is 4.90 Å². The molecule has 0 bridgehead atoms. The van der Waals surface area contributed by atoms with Crippen molar-refractivity contribution in [2.24, 2.45) is 5.73 Å². The van der Waals surface area contributed by atoms with Crippen molar-refractivity contribution in [2.75, 3.05) is 37.8 Å². The number of likely N-dealkylation sites (tertiary alicyclic amines) is 1. The van der Waals surface area contributed by atoms with E-state index in [0.717, 1.165) is 28.4 Å². The van der Waals surface area contributed by atoms with Crippen molar-refractivity contribution >= 4 is 23.3 Å². The van der Waals surface area contributed by atoms with E-state index in [1.807, 2.05) is 0 Å². The Morgan fingerprint density at radius 3 is 2.86 bits per heavy atom. The van der Waals surface area contributed by atoms with Gasteiger partial charge in [-0.05, 0) is 44.3 Å². The summed E-state index contributed by atoms with van der Waals surface area (Å²) in [4.78, 5) is 5.78. The third-order valence-electron chi connectivity index (χ3n) is 4.14. The fraction of sp³-hybridized carbons (Fsp3) is 0.562. The molecular weight excluding hydrogens is 280 g/mol. The van der Waals surface area contributed by atoms with Crippen molar-refractivity contribution in [3.63, 3.8) is 0 Å². The normalized spacial score (nSPS) is 18.9. The van der Waals surface area contributed by atoms with Gasteiger partial charge >= 0.3 is 0 Å². The highest BCUT2D eigenvalue weighted by atomic mass is 32.2. The lowest BCUT2D eigenvalue weighted by atomic mass is 10.1. The van der Waals surface area contributed by atoms with Crippen LogP contribution in [-0.2, 0) is 0 Å². The van der Waals surface area contributed by atoms with E-state index in [1.165, 1.54) is 19.4 Å². The molecule has 0 spiro atoms. The Labute approximate surface area is 132 Å². The number of hydrogen-bond acceptors (Lipinski definition) is 4. The molecule has 1 unspecified atom stereocenters. The van der Waals surface area contributed by atoms with Crippen LogP contribution in [0.1, 0.15) is 25.3 Å². The molecule has 1 aromatic rings. The van der Waals surface area contributed by atoms with E-state index in [9.17, 15) is 0 Å². The van der Waals surface area contributed by atoms with E-state index in [1.54, 1.807) is 11.8 Å². The van der Waals surface area contributed by atoms with Gasteiger partial charge in [0.25, 0.3) is 0 Å². The fourth-order valence-corrected chi connectivity index (χ4v) is 3.85. The Morgan fingerprint density at radius 2 is 2.29 bits per heavy atom. The average molecular weight is 306 g/mol. The largest absolute Gasteiger partial charge is 0.384 e. The summed E-state index contributed by atoms with van der Waals surface area (Å²) >= 11 is 1.75. The van der Waals surface area contributed by atoms with Crippen LogP contribution in [0.25, 0.3) is 0 Å². The van der Waals surface area contributed by atoms with Gasteiger partial charge in [0.05, 0.1) is 5.56 Å². The standard InChI is InChI=1S/C16H26N4S/c1-4-21-14-9-5-8-13(15(14)16(17)18)20(3)11-12-7-6-10-19(12)2/h5,8-9,12H,4,6-7,10-11H2,1-3H3,(H3,17,18). The minimum atomic E-state index is 0.160. The summed E-state index contributed by atoms with van der Waals surface area (Å²) in [6, 6.07) is 6.79. The summed E-state index contributed by atoms with van der Waals surface area (Å²) in [5, 5.41) is 7.94. The molecule has 0 radical (unpaired) electrons. The number of rotatable bonds is 6. The van der Waals surface area contributed by atoms with Gasteiger partial charge < -0.3 is 15.5 Å². The second-order valence-corrected chi connectivity index (χ2v) is 6.96. The topological polar surface area (TPSA) is 56.4 Å². The van der Waals surface area contributed by atoms with Gasteiger partial charge in [0.1, 0.15) is 5.84 Å². The van der Waals surface area contributed by atoms with E-state index < -0.39 is 0 Å². The molecule has 2 rings (SSSR count). The van der Waals surface area contributed by atoms with E-state index in [-0.39, 0.29) is 5.84 Å². The molecule has 116 valence electrons. The zero-order valence-electron chi connectivity index (χ0n) is 13.2. The number of thioether (sulfide) groups is 1. The molecule has 4 nitrogen and oxygen atoms in total. The van der Waals surface area contributed by atoms with Crippen LogP contribution >= 0.6 is 11.8 Å². The Bertz CT molecular complexity index is 503. The van der Waals surface area contributed by atoms with Crippen molar-refractivity contribution < 1.29 is 0 Å². The van der Waals surface area contributed by atoms with Crippen LogP contribution in [-0.4, -0.2) is 49.7 Å². The summed E-state index contributed by atoms with van der Waals surface area (Å²) in [7, 11) is 4.30. The number of nitrogens with zero attached hydrogens (tertiary/aromatic N) is 2. The number of nitrogens with one attached hydrogen (secondary N) is 1. The molecule has 1 atom stereocenters. The van der Waals surface area contributed by atoms with Gasteiger partial charge in [0.15, 0.2) is 0 Å². The quantitative estimate of drug-likeness (QED) is 0.482. The van der Waals surface area contributed by atoms with Crippen molar-refractivity contribution in [2.45, 2.75) is 30.7 Å². The maximum absolute atomic E-state index is 7.94. The molecule has 1 saturated heterocycles. The molecule has 5 heteroatoms. The Hall–Kier alpha value is -1.20. The van der Waals surface area contributed by atoms with Gasteiger partial charge in [-0.15, -0.1) is 11.8 Å². The van der Waals surface area contributed by atoms with Crippen molar-refractivity contribution in [3.8, 4) is 0 Å². The number of benzene rings is 1. The fourth-order valence-electron chi connectivity index (χ4n) is 3.01. The Balaban J connectivity index is 2.25. The Morgan fingerprint density at radius 1 is 1.52 bits per heavy atom. The highest BCUT2D eigenvalue weighted by Gasteiger charge is 2.23. The third kappa shape index (κ3) is 3.71. The average Bonchev–Trinajstić information content (AvgIpc) is 2.84. The molecule has 1 aromatic carbocycles. The summed E-state index contributed by atoms with van der Waals surface area (Å²) in [5.41, 5.74) is 7.80. The number of amidine groups is 1. The van der Waals surface area contributed by atoms with E-state index >= 15 is 0 Å². The monoisotopic (exact) mass is 306 g/mol. The lowest BCUT2D eigenvalue weighted by Gasteiger charge is -2.29. The molecule has 21 heavy (non-hydrogen) atoms. The second-order valence-electron chi connectivity index (χ2n) is 5.65. The molecule has 0 saturated carbocycles. The van der Waals surface area contributed by atoms with Crippen LogP contribution in [0.5, 0.6) is 0 Å². The molecule has 1 aliphatic heterocycles. The molecule has 3 N–H and O–H groups in total. The van der Waals surface area contributed by atoms with E-state index in [0.29, 0.717) is 6.04 Å². The van der Waals surface area contributed by atoms with Gasteiger partial charge in [0, 0.05) is 30.2 Å². The first-order valence-corrected chi connectivity index (χ1v) is 8.54. The highest BCUT2D eigenvalue weighted by Crippen LogP contribution is 2.30. The first kappa shape index (κ1) is 16.2. The van der Waals surface area contributed by atoms with Gasteiger partial charge in [-0.1, -0.05) is 13.0 Å². The molecule has 1 aliphatic rings. The van der Waals surface area contributed by atoms with Gasteiger partial charge in [-0.3, -0.25) is 5.41 Å². The van der Waals surface area contributed by atoms with E-state index in [2.05, 4.69) is 49.0 Å². The van der Waals surface area contributed by atoms with Gasteiger partial charge in [0.2, 0.25) is 0 Å². The zero-order chi connectivity index (χ0) is 15.4. The number of anilines is 1. The first-order chi connectivity index (χ1) is 10.0. The minimum absolute atomic E-state index is 0.160. The van der Waals surface area contributed by atoms with E-state index in [4.69, 9.17) is 11.1 Å². The SMILES string of the molecule is CCSc1cccc(N(C)CC2CCCN2C)c1C(=N)N. The maximum atomic E-state index is 7.94. The van der Waals surface area contributed by atoms with Crippen LogP contribution in [0.4, 0.5) is 5.69 Å². The number of likely N-dealkylation sites (N-methyl/N-ethyl adjacent to an activating group) is 2. The molecule has 0 amide bonds. The van der Waals surface area contributed by atoms with Crippen molar-refractivity contribution in [3.05, 3.63) is 23.8 Å². The highest BCUT2D eigenvalue weighted by molar-refractivity contribution is 7.99. The summed E-state index contributed by atoms with van der Waals surface area (Å²) in [5.74, 6) is 1.15. The zero-order valence-corrected chi connectivity index (χ0v) is 14.0. The molecule has 0 aromatic heterocycles. The lowest BCUT2D eigenvalue weighted by Crippen LogP contribution is -2.37. The van der Waals surface area contributed by atoms with Crippen LogP contribution in [0.3, 0.4) is 0 Å². The number of nitrogen functional groups attached to an aromatic ring is 1. The molecular formula is C16H26N4S. The van der Waals surface area contributed by atoms with Crippen LogP contribution in [0, 0.1) is 5.41 Å². The number of nitrogens with two attached hydrogens (primary N) is 1. The summed E-state index contributed by atoms with van der Waals surface area (Å²) in [6.07, 6.45) is 2.53. The maximum Gasteiger partial charge on any atom is 0.126 e.